The standard InChI is InChI=1S/C18H23N3O3/c1-12-7-17(23)15-5-3-4-6-16(15)21(12)10-18(24)19-13-8-14(11-22)20(2)9-13/h3-7,13-14,22H,8-11H2,1-2H3,(H,19,24)/t13-,14+/m1/s1. The molecule has 2 heterocycles. The van der Waals surface area contributed by atoms with Crippen LogP contribution in [-0.2, 0) is 11.3 Å². The number of pyridine rings is 1. The zero-order chi connectivity index (χ0) is 17.3. The van der Waals surface area contributed by atoms with Crippen LogP contribution < -0.4 is 10.7 Å². The van der Waals surface area contributed by atoms with E-state index in [1.54, 1.807) is 12.1 Å². The van der Waals surface area contributed by atoms with Crippen LogP contribution in [0.5, 0.6) is 0 Å². The van der Waals surface area contributed by atoms with Crippen molar-refractivity contribution >= 4 is 16.8 Å². The SMILES string of the molecule is Cc1cc(=O)c2ccccc2n1CC(=O)N[C@@H]1C[C@@H](CO)N(C)C1. The van der Waals surface area contributed by atoms with Crippen LogP contribution in [0.2, 0.25) is 0 Å². The predicted octanol–water partition coefficient (Wildman–Crippen LogP) is 0.491. The number of nitrogens with zero attached hydrogens (tertiary/aromatic N) is 2. The minimum atomic E-state index is -0.0797. The Morgan fingerprint density at radius 2 is 2.12 bits per heavy atom. The maximum Gasteiger partial charge on any atom is 0.240 e. The third-order valence-electron chi connectivity index (χ3n) is 4.79. The Morgan fingerprint density at radius 1 is 1.38 bits per heavy atom. The Hall–Kier alpha value is -2.18. The number of aromatic nitrogens is 1. The van der Waals surface area contributed by atoms with Crippen LogP contribution in [0, 0.1) is 6.92 Å². The Bertz CT molecular complexity index is 815. The number of hydrogen-bond donors (Lipinski definition) is 2. The number of hydrogen-bond acceptors (Lipinski definition) is 4. The first-order valence-corrected chi connectivity index (χ1v) is 8.19. The highest BCUT2D eigenvalue weighted by atomic mass is 16.3. The largest absolute Gasteiger partial charge is 0.395 e. The van der Waals surface area contributed by atoms with Crippen LogP contribution >= 0.6 is 0 Å². The summed E-state index contributed by atoms with van der Waals surface area (Å²) in [4.78, 5) is 26.6. The molecule has 0 unspecified atom stereocenters. The van der Waals surface area contributed by atoms with Gasteiger partial charge < -0.3 is 15.0 Å². The summed E-state index contributed by atoms with van der Waals surface area (Å²) >= 11 is 0. The number of aryl methyl sites for hydroxylation is 1. The summed E-state index contributed by atoms with van der Waals surface area (Å²) in [5, 5.41) is 13.0. The minimum absolute atomic E-state index is 0.0250. The van der Waals surface area contributed by atoms with Crippen molar-refractivity contribution < 1.29 is 9.90 Å². The topological polar surface area (TPSA) is 74.6 Å². The van der Waals surface area contributed by atoms with Gasteiger partial charge in [-0.3, -0.25) is 14.5 Å². The molecule has 24 heavy (non-hydrogen) atoms. The van der Waals surface area contributed by atoms with E-state index in [1.165, 1.54) is 0 Å². The van der Waals surface area contributed by atoms with Crippen molar-refractivity contribution in [3.8, 4) is 0 Å². The number of carbonyl (C=O) groups is 1. The fourth-order valence-corrected chi connectivity index (χ4v) is 3.48. The highest BCUT2D eigenvalue weighted by Gasteiger charge is 2.29. The van der Waals surface area contributed by atoms with Gasteiger partial charge in [0, 0.05) is 35.8 Å². The van der Waals surface area contributed by atoms with Crippen molar-refractivity contribution in [2.24, 2.45) is 0 Å². The van der Waals surface area contributed by atoms with Gasteiger partial charge in [-0.25, -0.2) is 0 Å². The van der Waals surface area contributed by atoms with Gasteiger partial charge in [0.25, 0.3) is 0 Å². The molecule has 6 nitrogen and oxygen atoms in total. The van der Waals surface area contributed by atoms with Crippen molar-refractivity contribution in [1.82, 2.24) is 14.8 Å². The Morgan fingerprint density at radius 3 is 2.83 bits per heavy atom. The van der Waals surface area contributed by atoms with Gasteiger partial charge in [-0.15, -0.1) is 0 Å². The molecule has 0 spiro atoms. The van der Waals surface area contributed by atoms with Crippen molar-refractivity contribution in [3.05, 3.63) is 46.2 Å². The molecule has 1 aliphatic heterocycles. The predicted molar refractivity (Wildman–Crippen MR) is 93.0 cm³/mol. The molecule has 0 radical (unpaired) electrons. The number of aliphatic hydroxyl groups excluding tert-OH is 1. The second kappa shape index (κ2) is 6.75. The highest BCUT2D eigenvalue weighted by Crippen LogP contribution is 2.16. The third kappa shape index (κ3) is 3.20. The molecule has 2 atom stereocenters. The van der Waals surface area contributed by atoms with Gasteiger partial charge >= 0.3 is 0 Å². The molecular formula is C18H23N3O3. The first-order chi connectivity index (χ1) is 11.5. The first-order valence-electron chi connectivity index (χ1n) is 8.19. The Balaban J connectivity index is 1.78. The second-order valence-electron chi connectivity index (χ2n) is 6.53. The van der Waals surface area contributed by atoms with E-state index in [2.05, 4.69) is 10.2 Å². The average Bonchev–Trinajstić information content (AvgIpc) is 2.91. The number of benzene rings is 1. The Labute approximate surface area is 140 Å². The lowest BCUT2D eigenvalue weighted by molar-refractivity contribution is -0.122. The molecule has 1 aromatic heterocycles. The molecule has 0 saturated carbocycles. The van der Waals surface area contributed by atoms with E-state index in [0.717, 1.165) is 24.2 Å². The fourth-order valence-electron chi connectivity index (χ4n) is 3.48. The van der Waals surface area contributed by atoms with E-state index < -0.39 is 0 Å². The summed E-state index contributed by atoms with van der Waals surface area (Å²) in [6.45, 7) is 2.86. The first kappa shape index (κ1) is 16.7. The number of nitrogens with one attached hydrogen (secondary N) is 1. The number of rotatable bonds is 4. The van der Waals surface area contributed by atoms with Crippen LogP contribution in [0.1, 0.15) is 12.1 Å². The van der Waals surface area contributed by atoms with Crippen molar-refractivity contribution in [2.45, 2.75) is 32.0 Å². The van der Waals surface area contributed by atoms with Crippen molar-refractivity contribution in [2.75, 3.05) is 20.2 Å². The second-order valence-corrected chi connectivity index (χ2v) is 6.53. The third-order valence-corrected chi connectivity index (χ3v) is 4.79. The number of likely N-dealkylation sites (N-methyl/N-ethyl adjacent to an activating group) is 1. The molecule has 1 fully saturated rings. The summed E-state index contributed by atoms with van der Waals surface area (Å²) in [6, 6.07) is 9.06. The maximum atomic E-state index is 12.5. The van der Waals surface area contributed by atoms with Crippen LogP contribution in [0.15, 0.2) is 35.1 Å². The summed E-state index contributed by atoms with van der Waals surface area (Å²) in [6.07, 6.45) is 0.753. The van der Waals surface area contributed by atoms with E-state index >= 15 is 0 Å². The van der Waals surface area contributed by atoms with E-state index in [9.17, 15) is 14.7 Å². The molecule has 2 N–H and O–H groups in total. The van der Waals surface area contributed by atoms with Gasteiger partial charge in [0.15, 0.2) is 5.43 Å². The smallest absolute Gasteiger partial charge is 0.240 e. The molecule has 0 bridgehead atoms. The highest BCUT2D eigenvalue weighted by molar-refractivity contribution is 5.82. The molecular weight excluding hydrogens is 306 g/mol. The Kier molecular flexibility index (Phi) is 4.69. The summed E-state index contributed by atoms with van der Waals surface area (Å²) in [7, 11) is 1.95. The molecule has 1 amide bonds. The molecule has 2 aromatic rings. The molecule has 3 rings (SSSR count). The fraction of sp³-hybridized carbons (Fsp3) is 0.444. The summed E-state index contributed by atoms with van der Waals surface area (Å²) in [5.41, 5.74) is 1.52. The van der Waals surface area contributed by atoms with Gasteiger partial charge in [-0.05, 0) is 32.5 Å². The van der Waals surface area contributed by atoms with Crippen molar-refractivity contribution in [3.63, 3.8) is 0 Å². The molecule has 1 saturated heterocycles. The molecule has 1 aliphatic rings. The van der Waals surface area contributed by atoms with Gasteiger partial charge in [0.1, 0.15) is 6.54 Å². The zero-order valence-corrected chi connectivity index (χ0v) is 14.0. The normalized spacial score (nSPS) is 21.3. The van der Waals surface area contributed by atoms with E-state index in [4.69, 9.17) is 0 Å². The molecule has 128 valence electrons. The van der Waals surface area contributed by atoms with Crippen LogP contribution in [0.25, 0.3) is 10.9 Å². The van der Waals surface area contributed by atoms with E-state index in [0.29, 0.717) is 5.39 Å². The lowest BCUT2D eigenvalue weighted by atomic mass is 10.1. The quantitative estimate of drug-likeness (QED) is 0.856. The monoisotopic (exact) mass is 329 g/mol. The molecule has 1 aromatic carbocycles. The number of likely N-dealkylation sites (tertiary alicyclic amines) is 1. The number of para-hydroxylation sites is 1. The minimum Gasteiger partial charge on any atom is -0.395 e. The van der Waals surface area contributed by atoms with Gasteiger partial charge in [0.2, 0.25) is 5.91 Å². The van der Waals surface area contributed by atoms with Gasteiger partial charge in [-0.2, -0.15) is 0 Å². The van der Waals surface area contributed by atoms with Gasteiger partial charge in [-0.1, -0.05) is 12.1 Å². The number of amides is 1. The molecule has 6 heteroatoms. The van der Waals surface area contributed by atoms with E-state index in [-0.39, 0.29) is 36.6 Å². The lowest BCUT2D eigenvalue weighted by Crippen LogP contribution is -2.38. The number of carbonyl (C=O) groups excluding carboxylic acids is 1. The van der Waals surface area contributed by atoms with Crippen LogP contribution in [-0.4, -0.2) is 52.8 Å². The maximum absolute atomic E-state index is 12.5. The number of aliphatic hydroxyl groups is 1. The van der Waals surface area contributed by atoms with Crippen molar-refractivity contribution in [1.29, 1.82) is 0 Å². The van der Waals surface area contributed by atoms with Gasteiger partial charge in [0.05, 0.1) is 12.1 Å². The average molecular weight is 329 g/mol. The summed E-state index contributed by atoms with van der Waals surface area (Å²) in [5.74, 6) is -0.0797. The van der Waals surface area contributed by atoms with Crippen LogP contribution in [0.3, 0.4) is 0 Å². The number of fused-ring (bicyclic) bond motifs is 1. The summed E-state index contributed by atoms with van der Waals surface area (Å²) < 4.78 is 1.87. The van der Waals surface area contributed by atoms with Crippen LogP contribution in [0.4, 0.5) is 0 Å². The zero-order valence-electron chi connectivity index (χ0n) is 14.0. The molecule has 0 aliphatic carbocycles. The lowest BCUT2D eigenvalue weighted by Gasteiger charge is -2.17. The van der Waals surface area contributed by atoms with E-state index in [1.807, 2.05) is 36.7 Å².